The van der Waals surface area contributed by atoms with E-state index in [4.69, 9.17) is 0 Å². The molecule has 3 atom stereocenters. The van der Waals surface area contributed by atoms with E-state index in [0.29, 0.717) is 24.9 Å². The van der Waals surface area contributed by atoms with Gasteiger partial charge in [0.2, 0.25) is 11.8 Å². The molecule has 4 heteroatoms. The molecule has 102 valence electrons. The van der Waals surface area contributed by atoms with Crippen molar-refractivity contribution < 1.29 is 9.59 Å². The van der Waals surface area contributed by atoms with E-state index in [0.717, 1.165) is 12.8 Å². The number of hydrogen-bond acceptors (Lipinski definition) is 2. The Bertz CT molecular complexity index is 330. The van der Waals surface area contributed by atoms with Gasteiger partial charge in [-0.25, -0.2) is 0 Å². The molecular weight excluding hydrogens is 228 g/mol. The molecule has 1 aliphatic heterocycles. The maximum absolute atomic E-state index is 12.4. The zero-order valence-corrected chi connectivity index (χ0v) is 11.4. The summed E-state index contributed by atoms with van der Waals surface area (Å²) < 4.78 is 0. The summed E-state index contributed by atoms with van der Waals surface area (Å²) in [5.41, 5.74) is 0. The molecule has 2 amide bonds. The fraction of sp³-hybridized carbons (Fsp3) is 0.857. The first-order valence-electron chi connectivity index (χ1n) is 7.23. The summed E-state index contributed by atoms with van der Waals surface area (Å²) in [6.45, 7) is 4.59. The molecule has 2 rings (SSSR count). The lowest BCUT2D eigenvalue weighted by Crippen LogP contribution is -2.50. The van der Waals surface area contributed by atoms with Crippen molar-refractivity contribution in [3.8, 4) is 0 Å². The lowest BCUT2D eigenvalue weighted by atomic mass is 9.81. The second-order valence-corrected chi connectivity index (χ2v) is 5.59. The summed E-state index contributed by atoms with van der Waals surface area (Å²) in [6, 6.07) is -0.00849. The first kappa shape index (κ1) is 13.4. The fourth-order valence-corrected chi connectivity index (χ4v) is 3.36. The van der Waals surface area contributed by atoms with E-state index in [1.807, 2.05) is 4.90 Å². The van der Waals surface area contributed by atoms with Crippen LogP contribution in [0.2, 0.25) is 0 Å². The molecule has 1 saturated heterocycles. The van der Waals surface area contributed by atoms with Crippen LogP contribution in [0.5, 0.6) is 0 Å². The van der Waals surface area contributed by atoms with Gasteiger partial charge < -0.3 is 10.2 Å². The van der Waals surface area contributed by atoms with Crippen molar-refractivity contribution in [1.29, 1.82) is 0 Å². The highest BCUT2D eigenvalue weighted by molar-refractivity contribution is 5.89. The minimum Gasteiger partial charge on any atom is -0.345 e. The van der Waals surface area contributed by atoms with Crippen LogP contribution in [0, 0.1) is 5.92 Å². The molecule has 18 heavy (non-hydrogen) atoms. The molecule has 0 aromatic carbocycles. The molecule has 1 saturated carbocycles. The number of rotatable bonds is 2. The highest BCUT2D eigenvalue weighted by Gasteiger charge is 2.35. The van der Waals surface area contributed by atoms with Crippen molar-refractivity contribution in [2.45, 2.75) is 64.5 Å². The minimum absolute atomic E-state index is 0.00204. The largest absolute Gasteiger partial charge is 0.345 e. The summed E-state index contributed by atoms with van der Waals surface area (Å²) in [5.74, 6) is 0.719. The number of amides is 2. The predicted octanol–water partition coefficient (Wildman–Crippen LogP) is 1.69. The smallest absolute Gasteiger partial charge is 0.245 e. The predicted molar refractivity (Wildman–Crippen MR) is 70.0 cm³/mol. The SMILES string of the molecule is CCC1CCCCC1N1CCC(=O)NC(C)C1=O. The highest BCUT2D eigenvalue weighted by Crippen LogP contribution is 2.31. The van der Waals surface area contributed by atoms with Crippen LogP contribution >= 0.6 is 0 Å². The van der Waals surface area contributed by atoms with Crippen molar-refractivity contribution in [1.82, 2.24) is 10.2 Å². The Labute approximate surface area is 109 Å². The number of hydrogen-bond donors (Lipinski definition) is 1. The van der Waals surface area contributed by atoms with Crippen LogP contribution in [0.4, 0.5) is 0 Å². The van der Waals surface area contributed by atoms with Crippen LogP contribution < -0.4 is 5.32 Å². The Hall–Kier alpha value is -1.06. The van der Waals surface area contributed by atoms with E-state index >= 15 is 0 Å². The van der Waals surface area contributed by atoms with E-state index in [1.54, 1.807) is 6.92 Å². The third-order valence-electron chi connectivity index (χ3n) is 4.40. The van der Waals surface area contributed by atoms with Crippen LogP contribution in [0.15, 0.2) is 0 Å². The molecule has 0 radical (unpaired) electrons. The van der Waals surface area contributed by atoms with Gasteiger partial charge in [0.05, 0.1) is 0 Å². The summed E-state index contributed by atoms with van der Waals surface area (Å²) in [6.07, 6.45) is 6.39. The molecule has 0 bridgehead atoms. The van der Waals surface area contributed by atoms with Gasteiger partial charge in [-0.15, -0.1) is 0 Å². The summed E-state index contributed by atoms with van der Waals surface area (Å²) in [7, 11) is 0. The first-order valence-corrected chi connectivity index (χ1v) is 7.23. The van der Waals surface area contributed by atoms with Crippen molar-refractivity contribution in [2.24, 2.45) is 5.92 Å². The van der Waals surface area contributed by atoms with Gasteiger partial charge in [-0.2, -0.15) is 0 Å². The average Bonchev–Trinajstić information content (AvgIpc) is 2.50. The van der Waals surface area contributed by atoms with Gasteiger partial charge in [0.15, 0.2) is 0 Å². The van der Waals surface area contributed by atoms with Crippen molar-refractivity contribution >= 4 is 11.8 Å². The number of nitrogens with zero attached hydrogens (tertiary/aromatic N) is 1. The van der Waals surface area contributed by atoms with Crippen molar-refractivity contribution in [3.63, 3.8) is 0 Å². The summed E-state index contributed by atoms with van der Waals surface area (Å²) in [4.78, 5) is 25.9. The van der Waals surface area contributed by atoms with Crippen LogP contribution in [0.3, 0.4) is 0 Å². The number of nitrogens with one attached hydrogen (secondary N) is 1. The second kappa shape index (κ2) is 5.72. The minimum atomic E-state index is -0.362. The third-order valence-corrected chi connectivity index (χ3v) is 4.40. The van der Waals surface area contributed by atoms with Crippen LogP contribution in [-0.4, -0.2) is 35.3 Å². The van der Waals surface area contributed by atoms with Gasteiger partial charge >= 0.3 is 0 Å². The second-order valence-electron chi connectivity index (χ2n) is 5.59. The van der Waals surface area contributed by atoms with Crippen LogP contribution in [0.1, 0.15) is 52.4 Å². The quantitative estimate of drug-likeness (QED) is 0.813. The zero-order valence-electron chi connectivity index (χ0n) is 11.4. The molecule has 1 N–H and O–H groups in total. The van der Waals surface area contributed by atoms with Crippen LogP contribution in [0.25, 0.3) is 0 Å². The molecule has 1 heterocycles. The fourth-order valence-electron chi connectivity index (χ4n) is 3.36. The highest BCUT2D eigenvalue weighted by atomic mass is 16.2. The lowest BCUT2D eigenvalue weighted by molar-refractivity contribution is -0.136. The van der Waals surface area contributed by atoms with Gasteiger partial charge in [0, 0.05) is 19.0 Å². The maximum atomic E-state index is 12.4. The number of carbonyl (C=O) groups excluding carboxylic acids is 2. The third kappa shape index (κ3) is 2.68. The zero-order chi connectivity index (χ0) is 13.1. The van der Waals surface area contributed by atoms with Crippen LogP contribution in [-0.2, 0) is 9.59 Å². The molecule has 4 nitrogen and oxygen atoms in total. The normalized spacial score (nSPS) is 34.1. The molecule has 0 aromatic heterocycles. The maximum Gasteiger partial charge on any atom is 0.245 e. The van der Waals surface area contributed by atoms with E-state index in [2.05, 4.69) is 12.2 Å². The Morgan fingerprint density at radius 1 is 1.28 bits per heavy atom. The Morgan fingerprint density at radius 3 is 2.72 bits per heavy atom. The van der Waals surface area contributed by atoms with Crippen molar-refractivity contribution in [2.75, 3.05) is 6.54 Å². The van der Waals surface area contributed by atoms with E-state index in [1.165, 1.54) is 19.3 Å². The molecule has 3 unspecified atom stereocenters. The summed E-state index contributed by atoms with van der Waals surface area (Å²) in [5, 5.41) is 2.76. The lowest BCUT2D eigenvalue weighted by Gasteiger charge is -2.39. The molecule has 1 aliphatic carbocycles. The topological polar surface area (TPSA) is 49.4 Å². The van der Waals surface area contributed by atoms with E-state index < -0.39 is 0 Å². The monoisotopic (exact) mass is 252 g/mol. The first-order chi connectivity index (χ1) is 8.63. The summed E-state index contributed by atoms with van der Waals surface area (Å²) >= 11 is 0. The Balaban J connectivity index is 2.13. The Morgan fingerprint density at radius 2 is 2.00 bits per heavy atom. The van der Waals surface area contributed by atoms with E-state index in [9.17, 15) is 9.59 Å². The Kier molecular flexibility index (Phi) is 4.25. The van der Waals surface area contributed by atoms with Gasteiger partial charge in [-0.1, -0.05) is 26.2 Å². The van der Waals surface area contributed by atoms with Gasteiger partial charge in [-0.05, 0) is 25.7 Å². The van der Waals surface area contributed by atoms with E-state index in [-0.39, 0.29) is 17.9 Å². The molecule has 0 aromatic rings. The van der Waals surface area contributed by atoms with Gasteiger partial charge in [-0.3, -0.25) is 9.59 Å². The molecular formula is C14H24N2O2. The van der Waals surface area contributed by atoms with Gasteiger partial charge in [0.1, 0.15) is 6.04 Å². The molecule has 2 aliphatic rings. The standard InChI is InChI=1S/C14H24N2O2/c1-3-11-6-4-5-7-12(11)16-9-8-13(17)15-10(2)14(16)18/h10-12H,3-9H2,1-2H3,(H,15,17). The average molecular weight is 252 g/mol. The molecule has 0 spiro atoms. The number of carbonyl (C=O) groups is 2. The van der Waals surface area contributed by atoms with Crippen molar-refractivity contribution in [3.05, 3.63) is 0 Å². The molecule has 2 fully saturated rings. The van der Waals surface area contributed by atoms with Gasteiger partial charge in [0.25, 0.3) is 0 Å².